The van der Waals surface area contributed by atoms with Gasteiger partial charge in [-0.25, -0.2) is 0 Å². The second-order valence-electron chi connectivity index (χ2n) is 6.06. The normalized spacial score (nSPS) is 15.3. The molecule has 0 saturated carbocycles. The number of methoxy groups -OCH3 is 2. The minimum absolute atomic E-state index is 0.640. The molecule has 0 fully saturated rings. The average Bonchev–Trinajstić information content (AvgIpc) is 2.74. The Morgan fingerprint density at radius 2 is 0.750 bits per heavy atom. The minimum Gasteiger partial charge on any atom is -0.497 e. The third-order valence-electron chi connectivity index (χ3n) is 4.39. The van der Waals surface area contributed by atoms with Crippen LogP contribution in [0.1, 0.15) is 0 Å². The Morgan fingerprint density at radius 1 is 0.536 bits per heavy atom. The highest BCUT2D eigenvalue weighted by molar-refractivity contribution is 8.19. The predicted octanol–water partition coefficient (Wildman–Crippen LogP) is 2.38. The molecule has 8 heteroatoms. The fourth-order valence-electron chi connectivity index (χ4n) is 2.72. The van der Waals surface area contributed by atoms with Gasteiger partial charge in [-0.15, -0.1) is 0 Å². The Bertz CT molecular complexity index is 963. The molecule has 0 heterocycles. The molecule has 0 aliphatic rings. The third kappa shape index (κ3) is 4.23. The summed E-state index contributed by atoms with van der Waals surface area (Å²) in [6.07, 6.45) is -5.85. The van der Waals surface area contributed by atoms with Crippen molar-refractivity contribution in [3.05, 3.63) is 72.8 Å². The molecule has 0 aromatic heterocycles. The smallest absolute Gasteiger partial charge is 0.120 e. The number of rotatable bonds is 6. The van der Waals surface area contributed by atoms with Gasteiger partial charge < -0.3 is 19.3 Å². The standard InChI is InChI=1S/C20H20O4P2S2/c1-23-15-3-7-17(8-4-15)25(21,27)19-11-13-20(14-12-19)26(22,28)18-9-5-16(24-2)6-10-18/h3-14H,1-2H3,(H,21,27)(H,22,28). The van der Waals surface area contributed by atoms with Gasteiger partial charge in [-0.05, 0) is 48.5 Å². The highest BCUT2D eigenvalue weighted by Gasteiger charge is 2.22. The minimum atomic E-state index is -2.92. The molecule has 3 aromatic carbocycles. The maximum Gasteiger partial charge on any atom is 0.120 e. The van der Waals surface area contributed by atoms with Crippen LogP contribution in [0, 0.1) is 0 Å². The van der Waals surface area contributed by atoms with Crippen molar-refractivity contribution in [1.29, 1.82) is 0 Å². The van der Waals surface area contributed by atoms with Crippen molar-refractivity contribution in [2.24, 2.45) is 0 Å². The second kappa shape index (κ2) is 8.46. The molecule has 2 unspecified atom stereocenters. The van der Waals surface area contributed by atoms with Gasteiger partial charge in [-0.1, -0.05) is 47.9 Å². The maximum absolute atomic E-state index is 11.0. The molecule has 3 rings (SSSR count). The number of benzene rings is 3. The van der Waals surface area contributed by atoms with E-state index < -0.39 is 12.5 Å². The van der Waals surface area contributed by atoms with Crippen LogP contribution in [-0.4, -0.2) is 24.0 Å². The van der Waals surface area contributed by atoms with Gasteiger partial charge in [0.2, 0.25) is 0 Å². The first kappa shape index (κ1) is 21.2. The van der Waals surface area contributed by atoms with Crippen molar-refractivity contribution in [3.8, 4) is 11.5 Å². The van der Waals surface area contributed by atoms with Crippen LogP contribution < -0.4 is 30.7 Å². The number of hydrogen-bond donors (Lipinski definition) is 2. The highest BCUT2D eigenvalue weighted by Crippen LogP contribution is 2.41. The number of hydrogen-bond acceptors (Lipinski definition) is 4. The molecular weight excluding hydrogens is 430 g/mol. The van der Waals surface area contributed by atoms with Gasteiger partial charge >= 0.3 is 0 Å². The van der Waals surface area contributed by atoms with Crippen molar-refractivity contribution in [3.63, 3.8) is 0 Å². The Morgan fingerprint density at radius 3 is 0.964 bits per heavy atom. The van der Waals surface area contributed by atoms with Crippen LogP contribution in [0.5, 0.6) is 11.5 Å². The van der Waals surface area contributed by atoms with Crippen LogP contribution in [-0.2, 0) is 23.6 Å². The summed E-state index contributed by atoms with van der Waals surface area (Å²) < 4.78 is 10.3. The van der Waals surface area contributed by atoms with Crippen LogP contribution in [0.2, 0.25) is 0 Å². The van der Waals surface area contributed by atoms with Gasteiger partial charge in [0.05, 0.1) is 14.2 Å². The van der Waals surface area contributed by atoms with E-state index in [1.807, 2.05) is 0 Å². The SMILES string of the molecule is COc1ccc(P(O)(=S)c2ccc(P(O)(=S)c3ccc(OC)cc3)cc2)cc1. The molecule has 2 atom stereocenters. The molecule has 0 spiro atoms. The molecule has 0 bridgehead atoms. The van der Waals surface area contributed by atoms with Gasteiger partial charge in [-0.3, -0.25) is 0 Å². The lowest BCUT2D eigenvalue weighted by Gasteiger charge is -2.20. The summed E-state index contributed by atoms with van der Waals surface area (Å²) >= 11 is 11.1. The molecule has 0 radical (unpaired) electrons. The first-order valence-corrected chi connectivity index (χ1v) is 13.9. The monoisotopic (exact) mass is 450 g/mol. The van der Waals surface area contributed by atoms with Gasteiger partial charge in [0.25, 0.3) is 0 Å². The highest BCUT2D eigenvalue weighted by atomic mass is 32.4. The van der Waals surface area contributed by atoms with Crippen LogP contribution >= 0.6 is 12.5 Å². The fourth-order valence-corrected chi connectivity index (χ4v) is 6.99. The zero-order valence-electron chi connectivity index (χ0n) is 15.4. The molecule has 4 nitrogen and oxygen atoms in total. The van der Waals surface area contributed by atoms with Crippen molar-refractivity contribution < 1.29 is 19.3 Å². The zero-order chi connectivity index (χ0) is 20.4. The first-order valence-electron chi connectivity index (χ1n) is 8.35. The molecule has 0 aliphatic carbocycles. The average molecular weight is 450 g/mol. The summed E-state index contributed by atoms with van der Waals surface area (Å²) in [5, 5.41) is 2.63. The maximum atomic E-state index is 11.0. The molecular formula is C20H20O4P2S2. The van der Waals surface area contributed by atoms with Gasteiger partial charge in [0.1, 0.15) is 24.0 Å². The lowest BCUT2D eigenvalue weighted by atomic mass is 10.3. The lowest BCUT2D eigenvalue weighted by Crippen LogP contribution is -2.19. The van der Waals surface area contributed by atoms with E-state index in [-0.39, 0.29) is 0 Å². The Kier molecular flexibility index (Phi) is 6.41. The van der Waals surface area contributed by atoms with Gasteiger partial charge in [-0.2, -0.15) is 0 Å². The van der Waals surface area contributed by atoms with Gasteiger partial charge in [0.15, 0.2) is 0 Å². The second-order valence-corrected chi connectivity index (χ2v) is 13.6. The van der Waals surface area contributed by atoms with E-state index in [9.17, 15) is 9.79 Å². The molecule has 146 valence electrons. The quantitative estimate of drug-likeness (QED) is 0.563. The van der Waals surface area contributed by atoms with Crippen molar-refractivity contribution in [1.82, 2.24) is 0 Å². The first-order chi connectivity index (χ1) is 13.3. The van der Waals surface area contributed by atoms with Crippen LogP contribution in [0.3, 0.4) is 0 Å². The molecule has 0 amide bonds. The summed E-state index contributed by atoms with van der Waals surface area (Å²) in [5.74, 6) is 1.41. The molecule has 3 aromatic rings. The molecule has 0 aliphatic heterocycles. The molecule has 28 heavy (non-hydrogen) atoms. The van der Waals surface area contributed by atoms with Gasteiger partial charge in [0, 0.05) is 21.2 Å². The lowest BCUT2D eigenvalue weighted by molar-refractivity contribution is 0.415. The summed E-state index contributed by atoms with van der Waals surface area (Å²) in [7, 11) is 3.18. The van der Waals surface area contributed by atoms with E-state index >= 15 is 0 Å². The third-order valence-corrected chi connectivity index (χ3v) is 10.9. The van der Waals surface area contributed by atoms with E-state index in [0.29, 0.717) is 32.7 Å². The summed E-state index contributed by atoms with van der Waals surface area (Å²) in [6.45, 7) is 0. The Hall–Kier alpha value is -1.52. The molecule has 0 saturated heterocycles. The fraction of sp³-hybridized carbons (Fsp3) is 0.100. The van der Waals surface area contributed by atoms with Crippen molar-refractivity contribution >= 4 is 57.4 Å². The van der Waals surface area contributed by atoms with Crippen molar-refractivity contribution in [2.75, 3.05) is 14.2 Å². The largest absolute Gasteiger partial charge is 0.497 e. The van der Waals surface area contributed by atoms with E-state index in [0.717, 1.165) is 0 Å². The predicted molar refractivity (Wildman–Crippen MR) is 124 cm³/mol. The van der Waals surface area contributed by atoms with E-state index in [1.165, 1.54) is 0 Å². The van der Waals surface area contributed by atoms with E-state index in [2.05, 4.69) is 0 Å². The summed E-state index contributed by atoms with van der Waals surface area (Å²) in [4.78, 5) is 22.0. The van der Waals surface area contributed by atoms with E-state index in [1.54, 1.807) is 87.0 Å². The summed E-state index contributed by atoms with van der Waals surface area (Å²) in [6, 6.07) is 21.2. The Balaban J connectivity index is 1.91. The van der Waals surface area contributed by atoms with Crippen LogP contribution in [0.4, 0.5) is 0 Å². The van der Waals surface area contributed by atoms with E-state index in [4.69, 9.17) is 33.1 Å². The molecule has 2 N–H and O–H groups in total. The van der Waals surface area contributed by atoms with Crippen molar-refractivity contribution in [2.45, 2.75) is 0 Å². The van der Waals surface area contributed by atoms with Crippen LogP contribution in [0.25, 0.3) is 0 Å². The summed E-state index contributed by atoms with van der Waals surface area (Å²) in [5.41, 5.74) is 0. The Labute approximate surface area is 175 Å². The number of ether oxygens (including phenoxy) is 2. The topological polar surface area (TPSA) is 58.9 Å². The van der Waals surface area contributed by atoms with Crippen LogP contribution in [0.15, 0.2) is 72.8 Å². The zero-order valence-corrected chi connectivity index (χ0v) is 18.8.